The number of aromatic hydroxyl groups is 2. The van der Waals surface area contributed by atoms with E-state index in [4.69, 9.17) is 0 Å². The number of hydrogen-bond donors (Lipinski definition) is 2. The minimum atomic E-state index is -3.99. The van der Waals surface area contributed by atoms with Crippen molar-refractivity contribution in [3.8, 4) is 35.3 Å². The highest BCUT2D eigenvalue weighted by Crippen LogP contribution is 2.37. The van der Waals surface area contributed by atoms with Crippen LogP contribution in [0, 0.1) is 60.2 Å². The molecule has 0 bridgehead atoms. The van der Waals surface area contributed by atoms with E-state index in [2.05, 4.69) is 75.8 Å². The molecule has 0 aliphatic heterocycles. The molecule has 2 heterocycles. The molecule has 446 valence electrons. The molecule has 0 spiro atoms. The summed E-state index contributed by atoms with van der Waals surface area (Å²) >= 11 is 0. The average molecular weight is 1150 g/mol. The van der Waals surface area contributed by atoms with Gasteiger partial charge in [0, 0.05) is 42.9 Å². The van der Waals surface area contributed by atoms with Gasteiger partial charge in [-0.15, -0.1) is 10.2 Å². The highest BCUT2D eigenvalue weighted by atomic mass is 32.2. The van der Waals surface area contributed by atoms with Gasteiger partial charge in [0.05, 0.1) is 27.6 Å². The number of nitrogens with zero attached hydrogens (tertiary/aromatic N) is 10. The molecule has 2 N–H and O–H groups in total. The van der Waals surface area contributed by atoms with Crippen molar-refractivity contribution >= 4 is 38.7 Å². The van der Waals surface area contributed by atoms with Crippen LogP contribution in [0.25, 0.3) is 11.4 Å². The molecule has 4 unspecified atom stereocenters. The van der Waals surface area contributed by atoms with Crippen molar-refractivity contribution in [2.24, 2.45) is 44.1 Å². The van der Waals surface area contributed by atoms with E-state index in [1.54, 1.807) is 40.7 Å². The van der Waals surface area contributed by atoms with Gasteiger partial charge in [0.15, 0.2) is 11.4 Å². The summed E-state index contributed by atoms with van der Waals surface area (Å²) in [5.41, 5.74) is -1.70. The molecule has 1 amide bonds. The lowest BCUT2D eigenvalue weighted by molar-refractivity contribution is 0.0685. The second-order valence-electron chi connectivity index (χ2n) is 22.0. The van der Waals surface area contributed by atoms with E-state index in [0.29, 0.717) is 49.3 Å². The summed E-state index contributed by atoms with van der Waals surface area (Å²) in [7, 11) is -3.99. The predicted octanol–water partition coefficient (Wildman–Crippen LogP) is 15.9. The van der Waals surface area contributed by atoms with Crippen LogP contribution < -0.4 is 11.1 Å². The van der Waals surface area contributed by atoms with E-state index >= 15 is 0 Å². The molecule has 0 saturated carbocycles. The standard InChI is InChI=1S/C65H88N10O7S/c1-11-19-25-47(15-5)41-72(42-48(16-6)26-20-12-2)61(76)51-29-23-30-52(37-51)68-70-59-45(9)57(39-66)62(77)74(64(59)79)54-33-35-55(36-34-54)75-63(78)58(40-67)46(10)60(65(75)80)71-69-53-31-24-32-56(38-53)83(81,82)73(43-49(17-7)27-21-13-3)44-50(18-8)28-22-14-4/h23-24,29-38,47-50,79-80H,11-22,25-28,41-44H2,1-10H3/b70-68+,71-69+. The Morgan fingerprint density at radius 3 is 1.30 bits per heavy atom. The molecule has 18 heteroatoms. The third kappa shape index (κ3) is 16.9. The molecule has 5 aromatic rings. The number of aromatic nitrogens is 2. The van der Waals surface area contributed by atoms with Crippen LogP contribution in [-0.2, 0) is 10.0 Å². The lowest BCUT2D eigenvalue weighted by atomic mass is 9.95. The van der Waals surface area contributed by atoms with Crippen LogP contribution >= 0.6 is 0 Å². The van der Waals surface area contributed by atoms with Gasteiger partial charge >= 0.3 is 0 Å². The Bertz CT molecular complexity index is 3320. The molecular weight excluding hydrogens is 1060 g/mol. The Balaban J connectivity index is 1.50. The van der Waals surface area contributed by atoms with Gasteiger partial charge in [-0.25, -0.2) is 17.6 Å². The average Bonchev–Trinajstić information content (AvgIpc) is 3.49. The van der Waals surface area contributed by atoms with Crippen LogP contribution in [-0.4, -0.2) is 69.1 Å². The maximum atomic E-state index is 14.6. The Morgan fingerprint density at radius 2 is 0.928 bits per heavy atom. The lowest BCUT2D eigenvalue weighted by Crippen LogP contribution is -2.39. The number of unbranched alkanes of at least 4 members (excludes halogenated alkanes) is 4. The fourth-order valence-corrected chi connectivity index (χ4v) is 12.2. The number of sulfonamides is 1. The minimum Gasteiger partial charge on any atom is -0.493 e. The first kappa shape index (κ1) is 66.5. The van der Waals surface area contributed by atoms with Gasteiger partial charge in [0.2, 0.25) is 21.8 Å². The third-order valence-electron chi connectivity index (χ3n) is 16.2. The van der Waals surface area contributed by atoms with Crippen LogP contribution in [0.5, 0.6) is 11.8 Å². The van der Waals surface area contributed by atoms with Gasteiger partial charge in [-0.1, -0.05) is 145 Å². The summed E-state index contributed by atoms with van der Waals surface area (Å²) in [6.07, 6.45) is 15.9. The monoisotopic (exact) mass is 1150 g/mol. The zero-order chi connectivity index (χ0) is 60.8. The van der Waals surface area contributed by atoms with Gasteiger partial charge in [-0.3, -0.25) is 14.4 Å². The first-order chi connectivity index (χ1) is 39.9. The molecule has 4 atom stereocenters. The third-order valence-corrected chi connectivity index (χ3v) is 18.0. The fraction of sp³-hybridized carbons (Fsp3) is 0.523. The molecule has 0 aliphatic carbocycles. The topological polar surface area (TPSA) is 239 Å². The number of rotatable bonds is 33. The van der Waals surface area contributed by atoms with Crippen LogP contribution in [0.3, 0.4) is 0 Å². The Kier molecular flexibility index (Phi) is 26.1. The maximum absolute atomic E-state index is 14.6. The second-order valence-corrected chi connectivity index (χ2v) is 23.9. The number of nitriles is 2. The number of carbonyl (C=O) groups is 1. The quantitative estimate of drug-likeness (QED) is 0.0379. The summed E-state index contributed by atoms with van der Waals surface area (Å²) in [5.74, 6) is -0.302. The van der Waals surface area contributed by atoms with Gasteiger partial charge in [0.1, 0.15) is 23.3 Å². The van der Waals surface area contributed by atoms with E-state index in [1.807, 2.05) is 17.0 Å². The Morgan fingerprint density at radius 1 is 0.554 bits per heavy atom. The van der Waals surface area contributed by atoms with E-state index in [1.165, 1.54) is 50.2 Å². The Hall–Kier alpha value is -7.28. The van der Waals surface area contributed by atoms with Gasteiger partial charge in [-0.05, 0) is 124 Å². The normalized spacial score (nSPS) is 13.3. The first-order valence-corrected chi connectivity index (χ1v) is 31.6. The van der Waals surface area contributed by atoms with E-state index in [0.717, 1.165) is 112 Å². The molecule has 0 aliphatic rings. The molecule has 0 saturated heterocycles. The largest absolute Gasteiger partial charge is 0.493 e. The first-order valence-electron chi connectivity index (χ1n) is 30.1. The summed E-state index contributed by atoms with van der Waals surface area (Å²) < 4.78 is 32.5. The summed E-state index contributed by atoms with van der Waals surface area (Å²) in [5, 5.41) is 61.5. The lowest BCUT2D eigenvalue weighted by Gasteiger charge is -2.31. The molecule has 17 nitrogen and oxygen atoms in total. The zero-order valence-corrected chi connectivity index (χ0v) is 51.5. The van der Waals surface area contributed by atoms with Crippen molar-refractivity contribution in [2.45, 2.75) is 177 Å². The summed E-state index contributed by atoms with van der Waals surface area (Å²) in [4.78, 5) is 44.3. The second kappa shape index (κ2) is 32.5. The predicted molar refractivity (Wildman–Crippen MR) is 329 cm³/mol. The molecule has 0 fully saturated rings. The molecule has 0 radical (unpaired) electrons. The van der Waals surface area contributed by atoms with Crippen LogP contribution in [0.2, 0.25) is 0 Å². The van der Waals surface area contributed by atoms with Crippen molar-refractivity contribution in [1.29, 1.82) is 10.5 Å². The smallest absolute Gasteiger partial charge is 0.276 e. The van der Waals surface area contributed by atoms with Crippen molar-refractivity contribution in [3.63, 3.8) is 0 Å². The van der Waals surface area contributed by atoms with E-state index in [-0.39, 0.29) is 73.3 Å². The van der Waals surface area contributed by atoms with Crippen molar-refractivity contribution in [2.75, 3.05) is 26.2 Å². The number of amides is 1. The number of pyridine rings is 2. The van der Waals surface area contributed by atoms with Gasteiger partial charge in [-0.2, -0.15) is 25.1 Å². The van der Waals surface area contributed by atoms with E-state index in [9.17, 15) is 43.5 Å². The Labute approximate surface area is 492 Å². The minimum absolute atomic E-state index is 0.0323. The fourth-order valence-electron chi connectivity index (χ4n) is 10.6. The summed E-state index contributed by atoms with van der Waals surface area (Å²) in [6, 6.07) is 22.2. The van der Waals surface area contributed by atoms with Crippen LogP contribution in [0.4, 0.5) is 22.7 Å². The molecule has 3 aromatic carbocycles. The van der Waals surface area contributed by atoms with E-state index < -0.39 is 32.9 Å². The SMILES string of the molecule is CCCCC(CC)CN(CC(CC)CCCC)C(=O)c1cccc(/N=N/c2c(C)c(C#N)c(=O)n(-c3ccc(-n4c(O)c(/N=N/c5cccc(S(=O)(=O)N(CC(CC)CCCC)CC(CC)CCCC)c5)c(C)c(C#N)c4=O)cc3)c2O)c1. The van der Waals surface area contributed by atoms with Crippen molar-refractivity contribution in [3.05, 3.63) is 121 Å². The highest BCUT2D eigenvalue weighted by molar-refractivity contribution is 7.89. The van der Waals surface area contributed by atoms with Gasteiger partial charge in [0.25, 0.3) is 17.0 Å². The maximum Gasteiger partial charge on any atom is 0.276 e. The zero-order valence-electron chi connectivity index (χ0n) is 50.7. The van der Waals surface area contributed by atoms with Crippen molar-refractivity contribution in [1.82, 2.24) is 18.3 Å². The number of azo groups is 2. The number of benzene rings is 3. The molecular formula is C65H88N10O7S. The van der Waals surface area contributed by atoms with Gasteiger partial charge < -0.3 is 15.1 Å². The number of hydrogen-bond acceptors (Lipinski definition) is 13. The molecule has 83 heavy (non-hydrogen) atoms. The number of carbonyl (C=O) groups excluding carboxylic acids is 1. The molecule has 2 aromatic heterocycles. The van der Waals surface area contributed by atoms with Crippen LogP contribution in [0.15, 0.2) is 108 Å². The highest BCUT2D eigenvalue weighted by Gasteiger charge is 2.30. The summed E-state index contributed by atoms with van der Waals surface area (Å²) in [6.45, 7) is 22.1. The van der Waals surface area contributed by atoms with Crippen LogP contribution in [0.1, 0.15) is 191 Å². The molecule has 5 rings (SSSR count). The van der Waals surface area contributed by atoms with Crippen molar-refractivity contribution < 1.29 is 23.4 Å².